The SMILES string of the molecule is CCC(N)Cc1cc(Br)ccc1Sc1ccc(F)cc1. The molecule has 2 aromatic rings. The zero-order valence-electron chi connectivity index (χ0n) is 11.3. The third-order valence-electron chi connectivity index (χ3n) is 3.07. The molecular weight excluding hydrogens is 337 g/mol. The fourth-order valence-corrected chi connectivity index (χ4v) is 3.21. The average molecular weight is 354 g/mol. The Balaban J connectivity index is 2.23. The summed E-state index contributed by atoms with van der Waals surface area (Å²) < 4.78 is 14.0. The monoisotopic (exact) mass is 353 g/mol. The van der Waals surface area contributed by atoms with Crippen molar-refractivity contribution in [3.05, 3.63) is 58.3 Å². The largest absolute Gasteiger partial charge is 0.327 e. The lowest BCUT2D eigenvalue weighted by molar-refractivity contribution is 0.626. The zero-order chi connectivity index (χ0) is 14.5. The summed E-state index contributed by atoms with van der Waals surface area (Å²) >= 11 is 5.14. The van der Waals surface area contributed by atoms with E-state index in [2.05, 4.69) is 35.0 Å². The van der Waals surface area contributed by atoms with E-state index < -0.39 is 0 Å². The minimum Gasteiger partial charge on any atom is -0.327 e. The molecule has 106 valence electrons. The average Bonchev–Trinajstić information content (AvgIpc) is 2.44. The summed E-state index contributed by atoms with van der Waals surface area (Å²) in [5, 5.41) is 0. The second-order valence-electron chi connectivity index (χ2n) is 4.68. The Labute approximate surface area is 131 Å². The van der Waals surface area contributed by atoms with Crippen LogP contribution >= 0.6 is 27.7 Å². The van der Waals surface area contributed by atoms with Gasteiger partial charge in [-0.3, -0.25) is 0 Å². The Kier molecular flexibility index (Phi) is 5.64. The van der Waals surface area contributed by atoms with E-state index in [1.54, 1.807) is 23.9 Å². The van der Waals surface area contributed by atoms with Gasteiger partial charge in [0.2, 0.25) is 0 Å². The van der Waals surface area contributed by atoms with Gasteiger partial charge in [-0.15, -0.1) is 0 Å². The van der Waals surface area contributed by atoms with Crippen LogP contribution in [-0.2, 0) is 6.42 Å². The van der Waals surface area contributed by atoms with Gasteiger partial charge in [0.15, 0.2) is 0 Å². The number of rotatable bonds is 5. The highest BCUT2D eigenvalue weighted by Crippen LogP contribution is 2.32. The lowest BCUT2D eigenvalue weighted by Gasteiger charge is -2.13. The van der Waals surface area contributed by atoms with Gasteiger partial charge < -0.3 is 5.73 Å². The highest BCUT2D eigenvalue weighted by molar-refractivity contribution is 9.10. The first kappa shape index (κ1) is 15.5. The van der Waals surface area contributed by atoms with Crippen molar-refractivity contribution in [1.82, 2.24) is 0 Å². The highest BCUT2D eigenvalue weighted by Gasteiger charge is 2.09. The van der Waals surface area contributed by atoms with Crippen molar-refractivity contribution >= 4 is 27.7 Å². The molecule has 0 aliphatic rings. The van der Waals surface area contributed by atoms with Crippen LogP contribution in [-0.4, -0.2) is 6.04 Å². The van der Waals surface area contributed by atoms with Gasteiger partial charge in [0.05, 0.1) is 0 Å². The molecule has 1 atom stereocenters. The summed E-state index contributed by atoms with van der Waals surface area (Å²) in [6, 6.07) is 12.9. The Hall–Kier alpha value is -0.840. The summed E-state index contributed by atoms with van der Waals surface area (Å²) in [4.78, 5) is 2.20. The standard InChI is InChI=1S/C16H17BrFNS/c1-2-14(19)10-11-9-12(17)3-8-16(11)20-15-6-4-13(18)5-7-15/h3-9,14H,2,10,19H2,1H3. The van der Waals surface area contributed by atoms with E-state index in [4.69, 9.17) is 5.73 Å². The molecule has 0 heterocycles. The van der Waals surface area contributed by atoms with E-state index in [1.165, 1.54) is 22.6 Å². The molecule has 1 nitrogen and oxygen atoms in total. The second kappa shape index (κ2) is 7.25. The summed E-state index contributed by atoms with van der Waals surface area (Å²) in [5.41, 5.74) is 7.29. The minimum absolute atomic E-state index is 0.164. The van der Waals surface area contributed by atoms with Crippen molar-refractivity contribution in [1.29, 1.82) is 0 Å². The lowest BCUT2D eigenvalue weighted by atomic mass is 10.1. The Morgan fingerprint density at radius 2 is 1.90 bits per heavy atom. The molecule has 0 saturated heterocycles. The minimum atomic E-state index is -0.210. The molecule has 0 aliphatic carbocycles. The molecule has 0 aliphatic heterocycles. The topological polar surface area (TPSA) is 26.0 Å². The van der Waals surface area contributed by atoms with E-state index in [9.17, 15) is 4.39 Å². The van der Waals surface area contributed by atoms with Crippen LogP contribution in [0.25, 0.3) is 0 Å². The smallest absolute Gasteiger partial charge is 0.123 e. The summed E-state index contributed by atoms with van der Waals surface area (Å²) in [6.07, 6.45) is 1.80. The summed E-state index contributed by atoms with van der Waals surface area (Å²) in [7, 11) is 0. The van der Waals surface area contributed by atoms with Crippen molar-refractivity contribution in [3.63, 3.8) is 0 Å². The van der Waals surface area contributed by atoms with Crippen LogP contribution in [0.15, 0.2) is 56.7 Å². The number of hydrogen-bond acceptors (Lipinski definition) is 2. The molecule has 0 saturated carbocycles. The molecule has 0 aromatic heterocycles. The third kappa shape index (κ3) is 4.33. The van der Waals surface area contributed by atoms with Crippen molar-refractivity contribution in [2.24, 2.45) is 5.73 Å². The molecule has 0 fully saturated rings. The van der Waals surface area contributed by atoms with E-state index in [-0.39, 0.29) is 11.9 Å². The molecule has 20 heavy (non-hydrogen) atoms. The summed E-state index contributed by atoms with van der Waals surface area (Å²) in [6.45, 7) is 2.09. The molecule has 0 radical (unpaired) electrons. The molecule has 1 unspecified atom stereocenters. The fourth-order valence-electron chi connectivity index (χ4n) is 1.86. The van der Waals surface area contributed by atoms with Crippen molar-refractivity contribution in [2.45, 2.75) is 35.6 Å². The fraction of sp³-hybridized carbons (Fsp3) is 0.250. The Morgan fingerprint density at radius 1 is 1.20 bits per heavy atom. The highest BCUT2D eigenvalue weighted by atomic mass is 79.9. The Bertz CT molecular complexity index is 571. The van der Waals surface area contributed by atoms with Gasteiger partial charge >= 0.3 is 0 Å². The van der Waals surface area contributed by atoms with Crippen LogP contribution < -0.4 is 5.73 Å². The number of hydrogen-bond donors (Lipinski definition) is 1. The maximum absolute atomic E-state index is 12.9. The molecule has 2 N–H and O–H groups in total. The molecule has 2 aromatic carbocycles. The molecule has 0 amide bonds. The normalized spacial score (nSPS) is 12.4. The van der Waals surface area contributed by atoms with Gasteiger partial charge in [0, 0.05) is 20.3 Å². The van der Waals surface area contributed by atoms with Crippen LogP contribution in [0.1, 0.15) is 18.9 Å². The lowest BCUT2D eigenvalue weighted by Crippen LogP contribution is -2.21. The van der Waals surface area contributed by atoms with Crippen LogP contribution in [0.2, 0.25) is 0 Å². The van der Waals surface area contributed by atoms with Crippen molar-refractivity contribution in [2.75, 3.05) is 0 Å². The molecular formula is C16H17BrFNS. The van der Waals surface area contributed by atoms with Gasteiger partial charge in [-0.1, -0.05) is 34.6 Å². The predicted octanol–water partition coefficient (Wildman–Crippen LogP) is 5.02. The summed E-state index contributed by atoms with van der Waals surface area (Å²) in [5.74, 6) is -0.210. The van der Waals surface area contributed by atoms with E-state index in [0.29, 0.717) is 0 Å². The van der Waals surface area contributed by atoms with E-state index in [0.717, 1.165) is 22.2 Å². The van der Waals surface area contributed by atoms with E-state index in [1.807, 2.05) is 6.07 Å². The first-order valence-corrected chi connectivity index (χ1v) is 8.17. The zero-order valence-corrected chi connectivity index (χ0v) is 13.7. The van der Waals surface area contributed by atoms with E-state index >= 15 is 0 Å². The molecule has 0 spiro atoms. The van der Waals surface area contributed by atoms with Crippen molar-refractivity contribution < 1.29 is 4.39 Å². The number of benzene rings is 2. The van der Waals surface area contributed by atoms with Gasteiger partial charge in [-0.2, -0.15) is 0 Å². The number of halogens is 2. The third-order valence-corrected chi connectivity index (χ3v) is 4.69. The molecule has 0 bridgehead atoms. The van der Waals surface area contributed by atoms with Crippen molar-refractivity contribution in [3.8, 4) is 0 Å². The van der Waals surface area contributed by atoms with Gasteiger partial charge in [-0.05, 0) is 60.9 Å². The predicted molar refractivity (Wildman–Crippen MR) is 86.6 cm³/mol. The maximum atomic E-state index is 12.9. The van der Waals surface area contributed by atoms with Gasteiger partial charge in [-0.25, -0.2) is 4.39 Å². The van der Waals surface area contributed by atoms with Gasteiger partial charge in [0.25, 0.3) is 0 Å². The molecule has 4 heteroatoms. The van der Waals surface area contributed by atoms with Crippen LogP contribution in [0.5, 0.6) is 0 Å². The maximum Gasteiger partial charge on any atom is 0.123 e. The van der Waals surface area contributed by atoms with Crippen LogP contribution in [0.4, 0.5) is 4.39 Å². The van der Waals surface area contributed by atoms with Gasteiger partial charge in [0.1, 0.15) is 5.82 Å². The Morgan fingerprint density at radius 3 is 2.55 bits per heavy atom. The number of nitrogens with two attached hydrogens (primary N) is 1. The van der Waals surface area contributed by atoms with Crippen LogP contribution in [0, 0.1) is 5.82 Å². The quantitative estimate of drug-likeness (QED) is 0.816. The first-order valence-electron chi connectivity index (χ1n) is 6.56. The van der Waals surface area contributed by atoms with Crippen LogP contribution in [0.3, 0.4) is 0 Å². The first-order chi connectivity index (χ1) is 9.58. The second-order valence-corrected chi connectivity index (χ2v) is 6.71. The molecule has 2 rings (SSSR count).